The van der Waals surface area contributed by atoms with Crippen molar-refractivity contribution < 1.29 is 28.8 Å². The van der Waals surface area contributed by atoms with Gasteiger partial charge in [0.1, 0.15) is 0 Å². The predicted octanol–water partition coefficient (Wildman–Crippen LogP) is 2.44. The fraction of sp³-hybridized carbons (Fsp3) is 0.400. The molecule has 0 bridgehead atoms. The second-order valence-electron chi connectivity index (χ2n) is 9.23. The van der Waals surface area contributed by atoms with E-state index in [1.807, 2.05) is 11.0 Å². The minimum atomic E-state index is -1.54. The van der Waals surface area contributed by atoms with E-state index < -0.39 is 34.2 Å². The van der Waals surface area contributed by atoms with Gasteiger partial charge in [0.15, 0.2) is 16.9 Å². The molecule has 2 fully saturated rings. The Kier molecular flexibility index (Phi) is 5.77. The molecule has 2 saturated heterocycles. The Labute approximate surface area is 207 Å². The molecule has 188 valence electrons. The number of carbonyl (C=O) groups is 3. The van der Waals surface area contributed by atoms with Crippen molar-refractivity contribution in [1.82, 2.24) is 10.2 Å². The lowest BCUT2D eigenvalue weighted by Crippen LogP contribution is -2.71. The largest absolute Gasteiger partial charge is 0.493 e. The van der Waals surface area contributed by atoms with Crippen molar-refractivity contribution in [3.8, 4) is 11.5 Å². The van der Waals surface area contributed by atoms with Gasteiger partial charge >= 0.3 is 6.03 Å². The summed E-state index contributed by atoms with van der Waals surface area (Å²) < 4.78 is 10.6. The summed E-state index contributed by atoms with van der Waals surface area (Å²) in [5.41, 5.74) is 0.533. The molecule has 0 saturated carbocycles. The molecule has 2 unspecified atom stereocenters. The number of hydrogen-bond donors (Lipinski definition) is 1. The van der Waals surface area contributed by atoms with Crippen LogP contribution in [0.15, 0.2) is 36.4 Å². The first-order valence-corrected chi connectivity index (χ1v) is 11.7. The molecule has 0 radical (unpaired) electrons. The fourth-order valence-corrected chi connectivity index (χ4v) is 5.73. The van der Waals surface area contributed by atoms with Crippen LogP contribution in [-0.2, 0) is 22.4 Å². The van der Waals surface area contributed by atoms with Crippen LogP contribution in [0, 0.1) is 15.5 Å². The van der Waals surface area contributed by atoms with Crippen LogP contribution in [0.3, 0.4) is 0 Å². The molecule has 36 heavy (non-hydrogen) atoms. The standard InChI is InChI=1S/C25H26N4O7/c1-35-19-8-5-15(12-20(19)36-2)9-11-28-23(31)25(22(30)26-24(28)32)14-16-13-17(29(33)34)6-7-18(16)27-10-3-4-21(25)27/h5-8,12-13,21H,3-4,9-11,14H2,1-2H3,(H,26,30,32). The number of amides is 4. The molecule has 1 spiro atoms. The quantitative estimate of drug-likeness (QED) is 0.368. The monoisotopic (exact) mass is 494 g/mol. The molecule has 3 aliphatic rings. The Morgan fingerprint density at radius 2 is 1.89 bits per heavy atom. The number of nitro benzene ring substituents is 1. The average Bonchev–Trinajstić information content (AvgIpc) is 3.37. The molecular weight excluding hydrogens is 468 g/mol. The van der Waals surface area contributed by atoms with Gasteiger partial charge in [0.25, 0.3) is 5.69 Å². The first-order valence-electron chi connectivity index (χ1n) is 11.7. The number of nitro groups is 1. The molecule has 0 aromatic heterocycles. The van der Waals surface area contributed by atoms with Crippen LogP contribution in [0.1, 0.15) is 24.0 Å². The molecule has 2 aromatic carbocycles. The molecule has 5 rings (SSSR count). The van der Waals surface area contributed by atoms with Gasteiger partial charge in [0.2, 0.25) is 11.8 Å². The summed E-state index contributed by atoms with van der Waals surface area (Å²) in [5, 5.41) is 13.8. The Morgan fingerprint density at radius 3 is 2.61 bits per heavy atom. The highest BCUT2D eigenvalue weighted by Crippen LogP contribution is 2.49. The molecule has 2 aromatic rings. The van der Waals surface area contributed by atoms with E-state index in [1.54, 1.807) is 18.2 Å². The summed E-state index contributed by atoms with van der Waals surface area (Å²) in [5.74, 6) is -0.114. The van der Waals surface area contributed by atoms with Crippen molar-refractivity contribution in [2.45, 2.75) is 31.7 Å². The molecule has 2 atom stereocenters. The Balaban J connectivity index is 1.48. The van der Waals surface area contributed by atoms with Crippen LogP contribution in [0.2, 0.25) is 0 Å². The van der Waals surface area contributed by atoms with E-state index in [-0.39, 0.29) is 18.7 Å². The molecule has 3 aliphatic heterocycles. The summed E-state index contributed by atoms with van der Waals surface area (Å²) in [6.45, 7) is 0.682. The minimum absolute atomic E-state index is 0.00398. The summed E-state index contributed by atoms with van der Waals surface area (Å²) in [6.07, 6.45) is 1.71. The number of barbiturate groups is 1. The van der Waals surface area contributed by atoms with Crippen molar-refractivity contribution in [2.75, 3.05) is 32.2 Å². The number of carbonyl (C=O) groups excluding carboxylic acids is 3. The van der Waals surface area contributed by atoms with Crippen LogP contribution in [0.4, 0.5) is 16.2 Å². The van der Waals surface area contributed by atoms with Crippen LogP contribution < -0.4 is 19.7 Å². The third-order valence-electron chi connectivity index (χ3n) is 7.44. The number of nitrogens with one attached hydrogen (secondary N) is 1. The van der Waals surface area contributed by atoms with E-state index >= 15 is 0 Å². The van der Waals surface area contributed by atoms with Crippen molar-refractivity contribution in [2.24, 2.45) is 5.41 Å². The van der Waals surface area contributed by atoms with Gasteiger partial charge in [-0.15, -0.1) is 0 Å². The first-order chi connectivity index (χ1) is 17.3. The van der Waals surface area contributed by atoms with Gasteiger partial charge < -0.3 is 14.4 Å². The third-order valence-corrected chi connectivity index (χ3v) is 7.44. The molecule has 11 nitrogen and oxygen atoms in total. The molecule has 0 aliphatic carbocycles. The zero-order valence-corrected chi connectivity index (χ0v) is 20.0. The van der Waals surface area contributed by atoms with E-state index in [1.165, 1.54) is 26.4 Å². The molecule has 11 heteroatoms. The van der Waals surface area contributed by atoms with Crippen molar-refractivity contribution in [3.63, 3.8) is 0 Å². The lowest BCUT2D eigenvalue weighted by atomic mass is 9.68. The van der Waals surface area contributed by atoms with Crippen LogP contribution >= 0.6 is 0 Å². The Morgan fingerprint density at radius 1 is 1.11 bits per heavy atom. The van der Waals surface area contributed by atoms with E-state index in [9.17, 15) is 24.5 Å². The maximum absolute atomic E-state index is 14.0. The number of anilines is 1. The van der Waals surface area contributed by atoms with Crippen molar-refractivity contribution in [1.29, 1.82) is 0 Å². The topological polar surface area (TPSA) is 131 Å². The Hall–Kier alpha value is -4.15. The zero-order chi connectivity index (χ0) is 25.6. The van der Waals surface area contributed by atoms with Crippen molar-refractivity contribution >= 4 is 29.2 Å². The fourth-order valence-electron chi connectivity index (χ4n) is 5.73. The van der Waals surface area contributed by atoms with E-state index in [2.05, 4.69) is 5.32 Å². The van der Waals surface area contributed by atoms with E-state index in [0.29, 0.717) is 36.4 Å². The maximum atomic E-state index is 14.0. The van der Waals surface area contributed by atoms with Gasteiger partial charge in [-0.3, -0.25) is 29.9 Å². The van der Waals surface area contributed by atoms with Crippen LogP contribution in [0.25, 0.3) is 0 Å². The lowest BCUT2D eigenvalue weighted by molar-refractivity contribution is -0.384. The number of methoxy groups -OCH3 is 2. The van der Waals surface area contributed by atoms with Gasteiger partial charge in [0, 0.05) is 37.3 Å². The number of hydrogen-bond acceptors (Lipinski definition) is 8. The van der Waals surface area contributed by atoms with Crippen LogP contribution in [0.5, 0.6) is 11.5 Å². The number of urea groups is 1. The molecule has 1 N–H and O–H groups in total. The summed E-state index contributed by atoms with van der Waals surface area (Å²) in [4.78, 5) is 54.1. The molecular formula is C25H26N4O7. The van der Waals surface area contributed by atoms with E-state index in [0.717, 1.165) is 22.6 Å². The summed E-state index contributed by atoms with van der Waals surface area (Å²) >= 11 is 0. The normalized spacial score (nSPS) is 22.8. The SMILES string of the molecule is COc1ccc(CCN2C(=O)NC(=O)C3(Cc4cc([N+](=O)[O-])ccc4N4CCCC43)C2=O)cc1OC. The van der Waals surface area contributed by atoms with Gasteiger partial charge in [-0.1, -0.05) is 6.07 Å². The predicted molar refractivity (Wildman–Crippen MR) is 128 cm³/mol. The highest BCUT2D eigenvalue weighted by molar-refractivity contribution is 6.20. The van der Waals surface area contributed by atoms with Crippen LogP contribution in [-0.4, -0.2) is 61.0 Å². The lowest BCUT2D eigenvalue weighted by Gasteiger charge is -2.49. The maximum Gasteiger partial charge on any atom is 0.330 e. The summed E-state index contributed by atoms with van der Waals surface area (Å²) in [6, 6.07) is 8.71. The van der Waals surface area contributed by atoms with Crippen molar-refractivity contribution in [3.05, 3.63) is 57.6 Å². The second kappa shape index (κ2) is 8.81. The molecule has 3 heterocycles. The number of fused-ring (bicyclic) bond motifs is 4. The molecule has 4 amide bonds. The van der Waals surface area contributed by atoms with Gasteiger partial charge in [-0.2, -0.15) is 0 Å². The zero-order valence-electron chi connectivity index (χ0n) is 20.0. The average molecular weight is 495 g/mol. The van der Waals surface area contributed by atoms with E-state index in [4.69, 9.17) is 9.47 Å². The third kappa shape index (κ3) is 3.53. The van der Waals surface area contributed by atoms with Gasteiger partial charge in [-0.25, -0.2) is 4.79 Å². The second-order valence-corrected chi connectivity index (χ2v) is 9.23. The van der Waals surface area contributed by atoms with Gasteiger partial charge in [0.05, 0.1) is 25.2 Å². The number of nitrogens with zero attached hydrogens (tertiary/aromatic N) is 3. The Bertz CT molecular complexity index is 1280. The number of imide groups is 2. The number of ether oxygens (including phenoxy) is 2. The number of benzene rings is 2. The first kappa shape index (κ1) is 23.6. The highest BCUT2D eigenvalue weighted by atomic mass is 16.6. The number of rotatable bonds is 6. The number of non-ortho nitro benzene ring substituents is 1. The summed E-state index contributed by atoms with van der Waals surface area (Å²) in [7, 11) is 3.06. The smallest absolute Gasteiger partial charge is 0.330 e. The minimum Gasteiger partial charge on any atom is -0.493 e. The van der Waals surface area contributed by atoms with Gasteiger partial charge in [-0.05, 0) is 48.6 Å². The highest BCUT2D eigenvalue weighted by Gasteiger charge is 2.62.